The molecule has 2 unspecified atom stereocenters. The Bertz CT molecular complexity index is 448. The zero-order valence-corrected chi connectivity index (χ0v) is 14.1. The van der Waals surface area contributed by atoms with E-state index >= 15 is 0 Å². The van der Waals surface area contributed by atoms with Crippen molar-refractivity contribution < 1.29 is 14.6 Å². The average molecular weight is 295 g/mol. The molecule has 0 radical (unpaired) electrons. The molecule has 0 saturated heterocycles. The quantitative estimate of drug-likeness (QED) is 0.774. The molecule has 0 saturated carbocycles. The smallest absolute Gasteiger partial charge is 0.161 e. The van der Waals surface area contributed by atoms with Crippen LogP contribution in [0.25, 0.3) is 0 Å². The van der Waals surface area contributed by atoms with Gasteiger partial charge in [0.1, 0.15) is 0 Å². The lowest BCUT2D eigenvalue weighted by molar-refractivity contribution is 0.102. The topological polar surface area (TPSA) is 50.7 Å². The monoisotopic (exact) mass is 295 g/mol. The largest absolute Gasteiger partial charge is 0.493 e. The van der Waals surface area contributed by atoms with Crippen LogP contribution in [0.15, 0.2) is 18.2 Å². The molecule has 21 heavy (non-hydrogen) atoms. The Morgan fingerprint density at radius 3 is 2.43 bits per heavy atom. The number of benzene rings is 1. The lowest BCUT2D eigenvalue weighted by Gasteiger charge is -2.33. The maximum Gasteiger partial charge on any atom is 0.161 e. The van der Waals surface area contributed by atoms with E-state index in [-0.39, 0.29) is 18.2 Å². The summed E-state index contributed by atoms with van der Waals surface area (Å²) >= 11 is 0. The van der Waals surface area contributed by atoms with Crippen molar-refractivity contribution in [2.24, 2.45) is 0 Å². The highest BCUT2D eigenvalue weighted by atomic mass is 16.5. The first-order valence-corrected chi connectivity index (χ1v) is 7.49. The predicted molar refractivity (Wildman–Crippen MR) is 86.2 cm³/mol. The van der Waals surface area contributed by atoms with Crippen molar-refractivity contribution in [2.75, 3.05) is 13.7 Å². The summed E-state index contributed by atoms with van der Waals surface area (Å²) in [7, 11) is 1.64. The molecular formula is C17H29NO3. The van der Waals surface area contributed by atoms with E-state index < -0.39 is 0 Å². The van der Waals surface area contributed by atoms with Crippen LogP contribution >= 0.6 is 0 Å². The molecule has 120 valence electrons. The molecule has 2 atom stereocenters. The third-order valence-corrected chi connectivity index (χ3v) is 3.37. The van der Waals surface area contributed by atoms with Crippen LogP contribution < -0.4 is 14.8 Å². The molecule has 0 fully saturated rings. The molecule has 0 aliphatic carbocycles. The summed E-state index contributed by atoms with van der Waals surface area (Å²) in [5.74, 6) is 1.48. The summed E-state index contributed by atoms with van der Waals surface area (Å²) < 4.78 is 11.4. The Labute approximate surface area is 128 Å². The first kappa shape index (κ1) is 17.8. The van der Waals surface area contributed by atoms with Gasteiger partial charge in [-0.2, -0.15) is 0 Å². The molecule has 0 amide bonds. The molecule has 0 bridgehead atoms. The molecule has 2 N–H and O–H groups in total. The number of aliphatic hydroxyl groups excluding tert-OH is 1. The number of aliphatic hydroxyl groups is 1. The van der Waals surface area contributed by atoms with Crippen LogP contribution in [0.4, 0.5) is 0 Å². The average Bonchev–Trinajstić information content (AvgIpc) is 2.39. The second kappa shape index (κ2) is 7.66. The summed E-state index contributed by atoms with van der Waals surface area (Å²) in [5, 5.41) is 13.0. The fraction of sp³-hybridized carbons (Fsp3) is 0.647. The van der Waals surface area contributed by atoms with Gasteiger partial charge in [-0.05, 0) is 38.5 Å². The normalized spacial score (nSPS) is 15.6. The molecule has 1 rings (SSSR count). The number of hydrogen-bond donors (Lipinski definition) is 2. The molecule has 1 aromatic rings. The van der Waals surface area contributed by atoms with Gasteiger partial charge in [0, 0.05) is 18.0 Å². The van der Waals surface area contributed by atoms with Crippen molar-refractivity contribution in [3.05, 3.63) is 23.8 Å². The molecule has 0 heterocycles. The van der Waals surface area contributed by atoms with Gasteiger partial charge >= 0.3 is 0 Å². The van der Waals surface area contributed by atoms with Gasteiger partial charge in [-0.15, -0.1) is 0 Å². The lowest BCUT2D eigenvalue weighted by Crippen LogP contribution is -2.51. The minimum absolute atomic E-state index is 0.0370. The van der Waals surface area contributed by atoms with E-state index in [1.54, 1.807) is 7.11 Å². The Morgan fingerprint density at radius 2 is 1.90 bits per heavy atom. The highest BCUT2D eigenvalue weighted by Crippen LogP contribution is 2.30. The number of hydrogen-bond acceptors (Lipinski definition) is 4. The Morgan fingerprint density at radius 1 is 1.24 bits per heavy atom. The van der Waals surface area contributed by atoms with Crippen molar-refractivity contribution in [3.63, 3.8) is 0 Å². The van der Waals surface area contributed by atoms with E-state index in [1.165, 1.54) is 0 Å². The maximum absolute atomic E-state index is 9.64. The fourth-order valence-corrected chi connectivity index (χ4v) is 2.63. The van der Waals surface area contributed by atoms with Crippen molar-refractivity contribution in [1.82, 2.24) is 5.32 Å². The number of aryl methyl sites for hydroxylation is 1. The van der Waals surface area contributed by atoms with Crippen molar-refractivity contribution in [2.45, 2.75) is 58.7 Å². The molecule has 0 aliphatic rings. The molecule has 1 aromatic carbocycles. The molecule has 0 spiro atoms. The van der Waals surface area contributed by atoms with E-state index in [4.69, 9.17) is 9.47 Å². The van der Waals surface area contributed by atoms with Crippen molar-refractivity contribution in [1.29, 1.82) is 0 Å². The Balaban J connectivity index is 2.74. The summed E-state index contributed by atoms with van der Waals surface area (Å²) in [5.41, 5.74) is 0.777. The Hall–Kier alpha value is -1.26. The first-order valence-electron chi connectivity index (χ1n) is 7.49. The van der Waals surface area contributed by atoms with Gasteiger partial charge < -0.3 is 19.9 Å². The summed E-state index contributed by atoms with van der Waals surface area (Å²) in [6, 6.07) is 6.20. The predicted octanol–water partition coefficient (Wildman–Crippen LogP) is 2.91. The second-order valence-electron chi connectivity index (χ2n) is 6.30. The zero-order valence-electron chi connectivity index (χ0n) is 14.1. The van der Waals surface area contributed by atoms with Crippen LogP contribution in [-0.4, -0.2) is 36.5 Å². The number of ether oxygens (including phenoxy) is 2. The third kappa shape index (κ3) is 5.56. The highest BCUT2D eigenvalue weighted by Gasteiger charge is 2.27. The summed E-state index contributed by atoms with van der Waals surface area (Å²) in [4.78, 5) is 0. The minimum Gasteiger partial charge on any atom is -0.493 e. The summed E-state index contributed by atoms with van der Waals surface area (Å²) in [6.45, 7) is 10.3. The van der Waals surface area contributed by atoms with Crippen LogP contribution in [-0.2, 0) is 0 Å². The van der Waals surface area contributed by atoms with Gasteiger partial charge in [0.15, 0.2) is 11.5 Å². The van der Waals surface area contributed by atoms with Crippen molar-refractivity contribution >= 4 is 0 Å². The minimum atomic E-state index is -0.356. The Kier molecular flexibility index (Phi) is 6.49. The van der Waals surface area contributed by atoms with Gasteiger partial charge in [0.25, 0.3) is 0 Å². The third-order valence-electron chi connectivity index (χ3n) is 3.37. The molecule has 4 heteroatoms. The van der Waals surface area contributed by atoms with Crippen LogP contribution in [0.2, 0.25) is 0 Å². The molecule has 0 aromatic heterocycles. The van der Waals surface area contributed by atoms with Crippen LogP contribution in [0, 0.1) is 6.92 Å². The second-order valence-corrected chi connectivity index (χ2v) is 6.30. The lowest BCUT2D eigenvalue weighted by atomic mass is 9.94. The van der Waals surface area contributed by atoms with E-state index in [1.807, 2.05) is 39.0 Å². The molecular weight excluding hydrogens is 266 g/mol. The van der Waals surface area contributed by atoms with Crippen molar-refractivity contribution in [3.8, 4) is 11.5 Å². The molecule has 0 aliphatic heterocycles. The van der Waals surface area contributed by atoms with Crippen LogP contribution in [0.3, 0.4) is 0 Å². The standard InChI is InChI=1S/C17H29NO3/c1-12(2)18-17(5,11-19)10-14(4)21-15-8-7-13(3)9-16(15)20-6/h7-9,12,14,18-19H,10-11H2,1-6H3. The van der Waals surface area contributed by atoms with Crippen LogP contribution in [0.1, 0.15) is 39.7 Å². The van der Waals surface area contributed by atoms with Crippen LogP contribution in [0.5, 0.6) is 11.5 Å². The zero-order chi connectivity index (χ0) is 16.0. The van der Waals surface area contributed by atoms with Gasteiger partial charge in [0.05, 0.1) is 19.8 Å². The summed E-state index contributed by atoms with van der Waals surface area (Å²) in [6.07, 6.45) is 0.670. The SMILES string of the molecule is COc1cc(C)ccc1OC(C)CC(C)(CO)NC(C)C. The van der Waals surface area contributed by atoms with E-state index in [2.05, 4.69) is 19.2 Å². The first-order chi connectivity index (χ1) is 9.79. The van der Waals surface area contributed by atoms with Gasteiger partial charge in [-0.3, -0.25) is 0 Å². The molecule has 4 nitrogen and oxygen atoms in total. The number of rotatable bonds is 8. The van der Waals surface area contributed by atoms with Gasteiger partial charge in [0.2, 0.25) is 0 Å². The van der Waals surface area contributed by atoms with E-state index in [9.17, 15) is 5.11 Å². The maximum atomic E-state index is 9.64. The number of nitrogens with one attached hydrogen (secondary N) is 1. The van der Waals surface area contributed by atoms with Gasteiger partial charge in [-0.25, -0.2) is 0 Å². The number of methoxy groups -OCH3 is 1. The van der Waals surface area contributed by atoms with E-state index in [0.717, 1.165) is 17.1 Å². The van der Waals surface area contributed by atoms with Gasteiger partial charge in [-0.1, -0.05) is 19.9 Å². The van der Waals surface area contributed by atoms with E-state index in [0.29, 0.717) is 12.5 Å². The highest BCUT2D eigenvalue weighted by molar-refractivity contribution is 5.42. The fourth-order valence-electron chi connectivity index (χ4n) is 2.63.